The number of methoxy groups -OCH3 is 1. The number of amides is 2. The summed E-state index contributed by atoms with van der Waals surface area (Å²) in [7, 11) is 1.61. The highest BCUT2D eigenvalue weighted by atomic mass is 35.5. The van der Waals surface area contributed by atoms with E-state index in [1.54, 1.807) is 48.5 Å². The topological polar surface area (TPSA) is 71.5 Å². The molecule has 1 saturated carbocycles. The number of ether oxygens (including phenoxy) is 1. The first-order valence-corrected chi connectivity index (χ1v) is 12.3. The molecule has 0 bridgehead atoms. The number of benzene rings is 2. The van der Waals surface area contributed by atoms with Crippen molar-refractivity contribution in [1.82, 2.24) is 15.2 Å². The number of nitrogens with zero attached hydrogens (tertiary/aromatic N) is 2. The molecule has 1 unspecified atom stereocenters. The largest absolute Gasteiger partial charge is 0.497 e. The molecule has 0 radical (unpaired) electrons. The minimum absolute atomic E-state index is 0.0917. The summed E-state index contributed by atoms with van der Waals surface area (Å²) in [6.45, 7) is 0.202. The minimum atomic E-state index is -0.915. The van der Waals surface area contributed by atoms with E-state index in [-0.39, 0.29) is 30.1 Å². The normalized spacial score (nSPS) is 14.7. The Hall–Kier alpha value is -3.38. The van der Waals surface area contributed by atoms with E-state index in [9.17, 15) is 9.59 Å². The van der Waals surface area contributed by atoms with Crippen molar-refractivity contribution >= 4 is 23.4 Å². The van der Waals surface area contributed by atoms with Crippen LogP contribution in [0.4, 0.5) is 0 Å². The van der Waals surface area contributed by atoms with Crippen molar-refractivity contribution in [2.75, 3.05) is 7.11 Å². The number of pyridine rings is 1. The minimum Gasteiger partial charge on any atom is -0.497 e. The zero-order chi connectivity index (χ0) is 24.6. The number of halogens is 1. The van der Waals surface area contributed by atoms with Gasteiger partial charge in [-0.1, -0.05) is 67.3 Å². The van der Waals surface area contributed by atoms with Crippen molar-refractivity contribution in [3.8, 4) is 5.75 Å². The molecule has 1 fully saturated rings. The van der Waals surface area contributed by atoms with Crippen LogP contribution in [0, 0.1) is 0 Å². The summed E-state index contributed by atoms with van der Waals surface area (Å²) in [5.74, 6) is 0.141. The summed E-state index contributed by atoms with van der Waals surface area (Å²) < 4.78 is 5.27. The highest BCUT2D eigenvalue weighted by molar-refractivity contribution is 6.31. The fourth-order valence-electron chi connectivity index (χ4n) is 4.52. The van der Waals surface area contributed by atoms with Gasteiger partial charge in [-0.25, -0.2) is 0 Å². The van der Waals surface area contributed by atoms with E-state index in [2.05, 4.69) is 10.3 Å². The van der Waals surface area contributed by atoms with Crippen molar-refractivity contribution in [1.29, 1.82) is 0 Å². The van der Waals surface area contributed by atoms with Crippen LogP contribution in [-0.4, -0.2) is 34.8 Å². The van der Waals surface area contributed by atoms with Crippen molar-refractivity contribution < 1.29 is 14.3 Å². The van der Waals surface area contributed by atoms with Crippen LogP contribution in [0.25, 0.3) is 0 Å². The molecule has 0 aliphatic heterocycles. The summed E-state index contributed by atoms with van der Waals surface area (Å²) in [6, 6.07) is 19.0. The lowest BCUT2D eigenvalue weighted by Gasteiger charge is -2.33. The molecule has 2 aromatic carbocycles. The van der Waals surface area contributed by atoms with E-state index in [1.165, 1.54) is 6.42 Å². The molecule has 1 N–H and O–H groups in total. The number of hydrogen-bond acceptors (Lipinski definition) is 4. The Kier molecular flexibility index (Phi) is 8.37. The average molecular weight is 492 g/mol. The van der Waals surface area contributed by atoms with Crippen LogP contribution in [0.2, 0.25) is 5.02 Å². The molecule has 35 heavy (non-hydrogen) atoms. The van der Waals surface area contributed by atoms with Gasteiger partial charge >= 0.3 is 0 Å². The fraction of sp³-hybridized carbons (Fsp3) is 0.321. The van der Waals surface area contributed by atoms with E-state index in [0.717, 1.165) is 31.2 Å². The molecule has 1 aromatic heterocycles. The molecule has 7 heteroatoms. The Bertz CT molecular complexity index is 1130. The number of rotatable bonds is 8. The average Bonchev–Trinajstić information content (AvgIpc) is 2.90. The monoisotopic (exact) mass is 491 g/mol. The third-order valence-electron chi connectivity index (χ3n) is 6.37. The summed E-state index contributed by atoms with van der Waals surface area (Å²) in [5.41, 5.74) is 1.71. The smallest absolute Gasteiger partial charge is 0.273 e. The molecular formula is C28H30ClN3O3. The molecule has 1 aliphatic carbocycles. The summed E-state index contributed by atoms with van der Waals surface area (Å²) in [5, 5.41) is 3.64. The van der Waals surface area contributed by atoms with Gasteiger partial charge in [0.1, 0.15) is 17.5 Å². The van der Waals surface area contributed by atoms with Crippen molar-refractivity contribution in [3.05, 3.63) is 94.8 Å². The van der Waals surface area contributed by atoms with Crippen LogP contribution in [0.3, 0.4) is 0 Å². The molecule has 3 aromatic rings. The standard InChI is InChI=1S/C28H30ClN3O3/c1-35-22-16-14-20(15-17-22)19-32(28(34)25-13-7-8-18-30-25)26(23-11-5-6-12-24(23)29)27(33)31-21-9-3-2-4-10-21/h5-8,11-18,21,26H,2-4,9-10,19H2,1H3,(H,31,33). The zero-order valence-corrected chi connectivity index (χ0v) is 20.6. The highest BCUT2D eigenvalue weighted by Gasteiger charge is 2.35. The number of hydrogen-bond donors (Lipinski definition) is 1. The predicted octanol–water partition coefficient (Wildman–Crippen LogP) is 5.58. The maximum atomic E-state index is 13.8. The number of carbonyl (C=O) groups excluding carboxylic acids is 2. The van der Waals surface area contributed by atoms with Crippen molar-refractivity contribution in [3.63, 3.8) is 0 Å². The van der Waals surface area contributed by atoms with Crippen LogP contribution in [0.15, 0.2) is 72.9 Å². The van der Waals surface area contributed by atoms with Crippen LogP contribution in [0.1, 0.15) is 59.8 Å². The van der Waals surface area contributed by atoms with Crippen molar-refractivity contribution in [2.24, 2.45) is 0 Å². The molecule has 0 saturated heterocycles. The lowest BCUT2D eigenvalue weighted by molar-refractivity contribution is -0.127. The van der Waals surface area contributed by atoms with Crippen LogP contribution < -0.4 is 10.1 Å². The van der Waals surface area contributed by atoms with Gasteiger partial charge in [0.15, 0.2) is 0 Å². The number of aromatic nitrogens is 1. The molecule has 1 atom stereocenters. The quantitative estimate of drug-likeness (QED) is 0.446. The highest BCUT2D eigenvalue weighted by Crippen LogP contribution is 2.31. The van der Waals surface area contributed by atoms with Gasteiger partial charge in [-0.3, -0.25) is 14.6 Å². The van der Waals surface area contributed by atoms with E-state index in [0.29, 0.717) is 16.3 Å². The summed E-state index contributed by atoms with van der Waals surface area (Å²) in [6.07, 6.45) is 6.81. The van der Waals surface area contributed by atoms with Crippen LogP contribution >= 0.6 is 11.6 Å². The van der Waals surface area contributed by atoms with E-state index < -0.39 is 6.04 Å². The Morgan fingerprint density at radius 2 is 1.74 bits per heavy atom. The molecule has 2 amide bonds. The molecule has 4 rings (SSSR count). The first-order valence-electron chi connectivity index (χ1n) is 12.0. The van der Waals surface area contributed by atoms with Gasteiger partial charge < -0.3 is 15.0 Å². The second-order valence-electron chi connectivity index (χ2n) is 8.76. The van der Waals surface area contributed by atoms with Crippen molar-refractivity contribution in [2.45, 2.75) is 50.7 Å². The predicted molar refractivity (Wildman–Crippen MR) is 136 cm³/mol. The van der Waals surface area contributed by atoms with Gasteiger partial charge in [-0.2, -0.15) is 0 Å². The lowest BCUT2D eigenvalue weighted by atomic mass is 9.94. The van der Waals surface area contributed by atoms with Gasteiger partial charge in [0, 0.05) is 29.4 Å². The Labute approximate surface area is 211 Å². The van der Waals surface area contributed by atoms with Gasteiger partial charge in [0.05, 0.1) is 7.11 Å². The fourth-order valence-corrected chi connectivity index (χ4v) is 4.76. The van der Waals surface area contributed by atoms with E-state index >= 15 is 0 Å². The maximum Gasteiger partial charge on any atom is 0.273 e. The molecule has 1 aliphatic rings. The first-order chi connectivity index (χ1) is 17.1. The van der Waals surface area contributed by atoms with Gasteiger partial charge in [0.25, 0.3) is 5.91 Å². The van der Waals surface area contributed by atoms with Gasteiger partial charge in [0.2, 0.25) is 5.91 Å². The van der Waals surface area contributed by atoms with Crippen LogP contribution in [0.5, 0.6) is 5.75 Å². The zero-order valence-electron chi connectivity index (χ0n) is 19.8. The van der Waals surface area contributed by atoms with E-state index in [1.807, 2.05) is 36.4 Å². The third-order valence-corrected chi connectivity index (χ3v) is 6.71. The molecule has 1 heterocycles. The maximum absolute atomic E-state index is 13.8. The SMILES string of the molecule is COc1ccc(CN(C(=O)c2ccccn2)C(C(=O)NC2CCCCC2)c2ccccc2Cl)cc1. The van der Waals surface area contributed by atoms with Gasteiger partial charge in [-0.05, 0) is 48.7 Å². The second-order valence-corrected chi connectivity index (χ2v) is 9.17. The van der Waals surface area contributed by atoms with Gasteiger partial charge in [-0.15, -0.1) is 0 Å². The lowest BCUT2D eigenvalue weighted by Crippen LogP contribution is -2.47. The van der Waals surface area contributed by atoms with Crippen LogP contribution in [-0.2, 0) is 11.3 Å². The Morgan fingerprint density at radius 3 is 2.40 bits per heavy atom. The second kappa shape index (κ2) is 11.8. The molecule has 182 valence electrons. The summed E-state index contributed by atoms with van der Waals surface area (Å²) in [4.78, 5) is 33.5. The third kappa shape index (κ3) is 6.20. The first kappa shape index (κ1) is 24.7. The number of carbonyl (C=O) groups is 2. The molecule has 6 nitrogen and oxygen atoms in total. The Balaban J connectivity index is 1.74. The molecular weight excluding hydrogens is 462 g/mol. The number of nitrogens with one attached hydrogen (secondary N) is 1. The Morgan fingerprint density at radius 1 is 1.03 bits per heavy atom. The van der Waals surface area contributed by atoms with E-state index in [4.69, 9.17) is 16.3 Å². The molecule has 0 spiro atoms. The summed E-state index contributed by atoms with van der Waals surface area (Å²) >= 11 is 6.59.